The van der Waals surface area contributed by atoms with E-state index in [1.807, 2.05) is 5.32 Å². The maximum Gasteiger partial charge on any atom is 0.239 e. The van der Waals surface area contributed by atoms with E-state index >= 15 is 0 Å². The van der Waals surface area contributed by atoms with Crippen LogP contribution in [0.15, 0.2) is 16.6 Å². The van der Waals surface area contributed by atoms with E-state index in [0.29, 0.717) is 0 Å². The van der Waals surface area contributed by atoms with Crippen LogP contribution in [0.5, 0.6) is 0 Å². The number of hydrogen-bond donors (Lipinski definition) is 1. The van der Waals surface area contributed by atoms with Gasteiger partial charge in [0.2, 0.25) is 5.91 Å². The van der Waals surface area contributed by atoms with Crippen molar-refractivity contribution >= 4 is 37.4 Å². The Morgan fingerprint density at radius 1 is 1.35 bits per heavy atom. The third-order valence-electron chi connectivity index (χ3n) is 1.68. The summed E-state index contributed by atoms with van der Waals surface area (Å²) in [4.78, 5) is 11.2. The Balaban J connectivity index is 2.89. The van der Waals surface area contributed by atoms with E-state index in [-0.39, 0.29) is 4.47 Å². The summed E-state index contributed by atoms with van der Waals surface area (Å²) in [6, 6.07) is 1.60. The molecule has 1 N–H and O–H groups in total. The van der Waals surface area contributed by atoms with Crippen LogP contribution in [0.4, 0.5) is 14.5 Å². The van der Waals surface area contributed by atoms with E-state index in [4.69, 9.17) is 0 Å². The number of sulfone groups is 1. The van der Waals surface area contributed by atoms with E-state index in [0.717, 1.165) is 18.4 Å². The normalized spacial score (nSPS) is 11.3. The molecule has 0 aliphatic carbocycles. The lowest BCUT2D eigenvalue weighted by Crippen LogP contribution is -2.22. The van der Waals surface area contributed by atoms with Gasteiger partial charge in [-0.2, -0.15) is 0 Å². The van der Waals surface area contributed by atoms with Crippen molar-refractivity contribution in [3.05, 3.63) is 28.2 Å². The predicted octanol–water partition coefficient (Wildman–Crippen LogP) is 1.71. The summed E-state index contributed by atoms with van der Waals surface area (Å²) in [5.74, 6) is -3.33. The Morgan fingerprint density at radius 3 is 2.47 bits per heavy atom. The number of halogens is 3. The molecule has 0 heterocycles. The van der Waals surface area contributed by atoms with Crippen molar-refractivity contribution in [2.24, 2.45) is 0 Å². The molecule has 0 aliphatic heterocycles. The van der Waals surface area contributed by atoms with E-state index in [1.165, 1.54) is 0 Å². The van der Waals surface area contributed by atoms with Crippen LogP contribution >= 0.6 is 15.9 Å². The molecule has 0 radical (unpaired) electrons. The summed E-state index contributed by atoms with van der Waals surface area (Å²) in [5.41, 5.74) is -0.403. The molecule has 94 valence electrons. The topological polar surface area (TPSA) is 63.2 Å². The Labute approximate surface area is 105 Å². The number of nitrogens with one attached hydrogen (secondary N) is 1. The zero-order chi connectivity index (χ0) is 13.2. The molecule has 0 saturated heterocycles. The first-order chi connectivity index (χ1) is 7.69. The minimum atomic E-state index is -3.51. The Kier molecular flexibility index (Phi) is 4.21. The van der Waals surface area contributed by atoms with Gasteiger partial charge in [0.25, 0.3) is 0 Å². The first-order valence-corrected chi connectivity index (χ1v) is 7.16. The highest BCUT2D eigenvalue weighted by atomic mass is 79.9. The fourth-order valence-electron chi connectivity index (χ4n) is 1.04. The SMILES string of the molecule is CS(=O)(=O)CC(=O)Nc1cc(F)c(Br)cc1F. The van der Waals surface area contributed by atoms with Crippen molar-refractivity contribution in [3.63, 3.8) is 0 Å². The fraction of sp³-hybridized carbons (Fsp3) is 0.222. The molecule has 0 aromatic heterocycles. The summed E-state index contributed by atoms with van der Waals surface area (Å²) in [7, 11) is -3.51. The molecule has 4 nitrogen and oxygen atoms in total. The van der Waals surface area contributed by atoms with Gasteiger partial charge in [-0.1, -0.05) is 0 Å². The van der Waals surface area contributed by atoms with E-state index in [1.54, 1.807) is 0 Å². The van der Waals surface area contributed by atoms with Gasteiger partial charge in [0.1, 0.15) is 17.4 Å². The van der Waals surface area contributed by atoms with Crippen molar-refractivity contribution in [2.75, 3.05) is 17.3 Å². The van der Waals surface area contributed by atoms with Gasteiger partial charge in [-0.25, -0.2) is 17.2 Å². The Morgan fingerprint density at radius 2 is 1.94 bits per heavy atom. The molecule has 17 heavy (non-hydrogen) atoms. The van der Waals surface area contributed by atoms with Crippen molar-refractivity contribution in [1.82, 2.24) is 0 Å². The van der Waals surface area contributed by atoms with Gasteiger partial charge in [-0.15, -0.1) is 0 Å². The van der Waals surface area contributed by atoms with Crippen LogP contribution in [0.2, 0.25) is 0 Å². The van der Waals surface area contributed by atoms with Gasteiger partial charge >= 0.3 is 0 Å². The molecular weight excluding hydrogens is 320 g/mol. The summed E-state index contributed by atoms with van der Waals surface area (Å²) >= 11 is 2.77. The van der Waals surface area contributed by atoms with Gasteiger partial charge in [-0.3, -0.25) is 4.79 Å². The average molecular weight is 328 g/mol. The molecule has 0 saturated carbocycles. The van der Waals surface area contributed by atoms with Gasteiger partial charge < -0.3 is 5.32 Å². The minimum Gasteiger partial charge on any atom is -0.323 e. The molecular formula is C9H8BrF2NO3S. The Hall–Kier alpha value is -1.02. The van der Waals surface area contributed by atoms with Crippen LogP contribution in [0.1, 0.15) is 0 Å². The summed E-state index contributed by atoms with van der Waals surface area (Å²) in [5, 5.41) is 1.98. The highest BCUT2D eigenvalue weighted by Gasteiger charge is 2.14. The van der Waals surface area contributed by atoms with Crippen LogP contribution < -0.4 is 5.32 Å². The average Bonchev–Trinajstić information content (AvgIpc) is 2.11. The van der Waals surface area contributed by atoms with Gasteiger partial charge in [-0.05, 0) is 22.0 Å². The second-order valence-electron chi connectivity index (χ2n) is 3.36. The molecule has 0 aliphatic rings. The Bertz CT molecular complexity index is 560. The molecule has 8 heteroatoms. The van der Waals surface area contributed by atoms with E-state index < -0.39 is 38.8 Å². The second kappa shape index (κ2) is 5.09. The van der Waals surface area contributed by atoms with Gasteiger partial charge in [0.15, 0.2) is 9.84 Å². The monoisotopic (exact) mass is 327 g/mol. The highest BCUT2D eigenvalue weighted by molar-refractivity contribution is 9.10. The summed E-state index contributed by atoms with van der Waals surface area (Å²) in [6.07, 6.45) is 0.866. The molecule has 1 aromatic carbocycles. The molecule has 0 fully saturated rings. The largest absolute Gasteiger partial charge is 0.323 e. The summed E-state index contributed by atoms with van der Waals surface area (Å²) < 4.78 is 47.8. The lowest BCUT2D eigenvalue weighted by molar-refractivity contribution is -0.113. The van der Waals surface area contributed by atoms with Crippen molar-refractivity contribution < 1.29 is 22.0 Å². The minimum absolute atomic E-state index is 0.0869. The lowest BCUT2D eigenvalue weighted by atomic mass is 10.3. The van der Waals surface area contributed by atoms with Crippen molar-refractivity contribution in [2.45, 2.75) is 0 Å². The number of rotatable bonds is 3. The molecule has 1 amide bonds. The quantitative estimate of drug-likeness (QED) is 0.859. The molecule has 0 spiro atoms. The predicted molar refractivity (Wildman–Crippen MR) is 62.4 cm³/mol. The number of benzene rings is 1. The van der Waals surface area contributed by atoms with Crippen molar-refractivity contribution in [3.8, 4) is 0 Å². The van der Waals surface area contributed by atoms with Gasteiger partial charge in [0, 0.05) is 12.3 Å². The molecule has 0 bridgehead atoms. The standard InChI is InChI=1S/C9H8BrF2NO3S/c1-17(15,16)4-9(14)13-8-3-6(11)5(10)2-7(8)12/h2-3H,4H2,1H3,(H,13,14). The highest BCUT2D eigenvalue weighted by Crippen LogP contribution is 2.23. The number of carbonyl (C=O) groups is 1. The lowest BCUT2D eigenvalue weighted by Gasteiger charge is -2.06. The molecule has 1 aromatic rings. The summed E-state index contributed by atoms with van der Waals surface area (Å²) in [6.45, 7) is 0. The third kappa shape index (κ3) is 4.39. The molecule has 0 atom stereocenters. The van der Waals surface area contributed by atoms with Crippen molar-refractivity contribution in [1.29, 1.82) is 0 Å². The van der Waals surface area contributed by atoms with Crippen LogP contribution in [-0.4, -0.2) is 26.3 Å². The third-order valence-corrected chi connectivity index (χ3v) is 3.07. The first-order valence-electron chi connectivity index (χ1n) is 4.31. The maximum atomic E-state index is 13.3. The number of carbonyl (C=O) groups excluding carboxylic acids is 1. The molecule has 0 unspecified atom stereocenters. The zero-order valence-corrected chi connectivity index (χ0v) is 11.0. The fourth-order valence-corrected chi connectivity index (χ4v) is 1.91. The van der Waals surface area contributed by atoms with E-state index in [2.05, 4.69) is 15.9 Å². The smallest absolute Gasteiger partial charge is 0.239 e. The molecule has 1 rings (SSSR count). The van der Waals surface area contributed by atoms with Crippen LogP contribution in [-0.2, 0) is 14.6 Å². The second-order valence-corrected chi connectivity index (χ2v) is 6.36. The van der Waals surface area contributed by atoms with Crippen LogP contribution in [0.25, 0.3) is 0 Å². The number of amides is 1. The van der Waals surface area contributed by atoms with Gasteiger partial charge in [0.05, 0.1) is 10.2 Å². The zero-order valence-electron chi connectivity index (χ0n) is 8.63. The number of hydrogen-bond acceptors (Lipinski definition) is 3. The first kappa shape index (κ1) is 14.0. The number of anilines is 1. The maximum absolute atomic E-state index is 13.3. The van der Waals surface area contributed by atoms with Crippen LogP contribution in [0.3, 0.4) is 0 Å². The van der Waals surface area contributed by atoms with E-state index in [9.17, 15) is 22.0 Å². The van der Waals surface area contributed by atoms with Crippen LogP contribution in [0, 0.1) is 11.6 Å².